The van der Waals surface area contributed by atoms with Crippen LogP contribution in [0.5, 0.6) is 0 Å². The summed E-state index contributed by atoms with van der Waals surface area (Å²) in [6.45, 7) is 2.37. The van der Waals surface area contributed by atoms with Gasteiger partial charge in [0, 0.05) is 24.5 Å². The topological polar surface area (TPSA) is 122 Å². The summed E-state index contributed by atoms with van der Waals surface area (Å²) in [6, 6.07) is 0. The molecule has 0 aromatic rings. The van der Waals surface area contributed by atoms with Gasteiger partial charge in [-0.25, -0.2) is 0 Å². The summed E-state index contributed by atoms with van der Waals surface area (Å²) in [5, 5.41) is 3.50. The molecule has 10 heteroatoms. The normalized spacial score (nSPS) is 15.6. The third-order valence-electron chi connectivity index (χ3n) is 3.14. The zero-order valence-electron chi connectivity index (χ0n) is 12.3. The maximum absolute atomic E-state index is 10.4. The minimum absolute atomic E-state index is 0.602. The van der Waals surface area contributed by atoms with Crippen molar-refractivity contribution in [1.82, 2.24) is 4.90 Å². The van der Waals surface area contributed by atoms with E-state index >= 15 is 0 Å². The molecule has 0 bridgehead atoms. The highest BCUT2D eigenvalue weighted by molar-refractivity contribution is 7.81. The van der Waals surface area contributed by atoms with Gasteiger partial charge in [0.25, 0.3) is 0 Å². The smallest absolute Gasteiger partial charge is 0.345 e. The van der Waals surface area contributed by atoms with E-state index in [1.165, 1.54) is 0 Å². The summed E-state index contributed by atoms with van der Waals surface area (Å²) < 4.78 is 27.5. The molecule has 1 saturated heterocycles. The Labute approximate surface area is 125 Å². The van der Waals surface area contributed by atoms with Gasteiger partial charge >= 0.3 is 10.4 Å². The first-order chi connectivity index (χ1) is 9.99. The highest BCUT2D eigenvalue weighted by Gasteiger charge is 2.16. The van der Waals surface area contributed by atoms with Crippen LogP contribution in [0, 0.1) is 5.92 Å². The maximum atomic E-state index is 10.4. The molecule has 0 N–H and O–H groups in total. The number of hydrogen-bond donors (Lipinski definition) is 0. The molecule has 0 aromatic heterocycles. The molecular formula is C11H22N4O5S. The van der Waals surface area contributed by atoms with Gasteiger partial charge in [0.2, 0.25) is 6.41 Å². The third-order valence-corrected chi connectivity index (χ3v) is 3.96. The molecule has 0 saturated carbocycles. The highest BCUT2D eigenvalue weighted by atomic mass is 32.3. The molecule has 1 aliphatic rings. The van der Waals surface area contributed by atoms with E-state index in [-0.39, 0.29) is 0 Å². The van der Waals surface area contributed by atoms with Crippen molar-refractivity contribution >= 4 is 16.8 Å². The van der Waals surface area contributed by atoms with Crippen molar-refractivity contribution in [3.63, 3.8) is 0 Å². The second-order valence-electron chi connectivity index (χ2n) is 4.42. The van der Waals surface area contributed by atoms with E-state index in [1.54, 1.807) is 0 Å². The van der Waals surface area contributed by atoms with E-state index in [1.807, 2.05) is 4.90 Å². The van der Waals surface area contributed by atoms with Crippen LogP contribution >= 0.6 is 0 Å². The number of hydrogen-bond acceptors (Lipinski definition) is 6. The van der Waals surface area contributed by atoms with E-state index in [4.69, 9.17) is 5.53 Å². The lowest BCUT2D eigenvalue weighted by Crippen LogP contribution is -2.32. The van der Waals surface area contributed by atoms with Gasteiger partial charge in [-0.3, -0.25) is 13.2 Å². The molecule has 1 aliphatic heterocycles. The van der Waals surface area contributed by atoms with Crippen LogP contribution in [-0.4, -0.2) is 53.6 Å². The van der Waals surface area contributed by atoms with Gasteiger partial charge in [-0.05, 0) is 30.7 Å². The number of rotatable bonds is 7. The average molecular weight is 322 g/mol. The molecule has 1 fully saturated rings. The summed E-state index contributed by atoms with van der Waals surface area (Å²) >= 11 is 0. The van der Waals surface area contributed by atoms with Gasteiger partial charge in [-0.15, -0.1) is 0 Å². The van der Waals surface area contributed by atoms with Crippen LogP contribution in [-0.2, 0) is 23.6 Å². The molecule has 0 spiro atoms. The van der Waals surface area contributed by atoms with E-state index < -0.39 is 10.4 Å². The van der Waals surface area contributed by atoms with Crippen molar-refractivity contribution in [2.75, 3.05) is 33.9 Å². The standard InChI is InChI=1S/C9H16N4O.C2H6O4S/c10-12-11-5-1-2-9-3-6-13(8-14)7-4-9;1-5-7(3,4)6-2/h8-9H,1-7H2;1-2H3. The maximum Gasteiger partial charge on any atom is 0.399 e. The monoisotopic (exact) mass is 322 g/mol. The fourth-order valence-corrected chi connectivity index (χ4v) is 2.05. The summed E-state index contributed by atoms with van der Waals surface area (Å²) in [4.78, 5) is 15.0. The Morgan fingerprint density at radius 3 is 2.29 bits per heavy atom. The average Bonchev–Trinajstić information content (AvgIpc) is 2.53. The largest absolute Gasteiger partial charge is 0.399 e. The summed E-state index contributed by atoms with van der Waals surface area (Å²) in [7, 11) is -1.60. The number of amides is 1. The Morgan fingerprint density at radius 1 is 1.33 bits per heavy atom. The fraction of sp³-hybridized carbons (Fsp3) is 0.909. The first kappa shape index (κ1) is 19.7. The van der Waals surface area contributed by atoms with E-state index in [0.717, 1.165) is 59.4 Å². The Hall–Kier alpha value is -1.35. The van der Waals surface area contributed by atoms with Crippen LogP contribution < -0.4 is 0 Å². The molecule has 0 aliphatic carbocycles. The fourth-order valence-electron chi connectivity index (χ4n) is 1.91. The molecule has 0 aromatic carbocycles. The molecule has 0 unspecified atom stereocenters. The minimum atomic E-state index is -3.66. The predicted molar refractivity (Wildman–Crippen MR) is 76.5 cm³/mol. The number of nitrogens with zero attached hydrogens (tertiary/aromatic N) is 4. The van der Waals surface area contributed by atoms with Gasteiger partial charge in [-0.2, -0.15) is 8.42 Å². The molecule has 1 heterocycles. The van der Waals surface area contributed by atoms with Gasteiger partial charge in [-0.1, -0.05) is 11.5 Å². The van der Waals surface area contributed by atoms with Crippen LogP contribution in [0.3, 0.4) is 0 Å². The zero-order chi connectivity index (χ0) is 16.1. The summed E-state index contributed by atoms with van der Waals surface area (Å²) in [6.07, 6.45) is 5.20. The van der Waals surface area contributed by atoms with Gasteiger partial charge < -0.3 is 4.90 Å². The summed E-state index contributed by atoms with van der Waals surface area (Å²) in [5.74, 6) is 0.708. The van der Waals surface area contributed by atoms with Gasteiger partial charge in [0.05, 0.1) is 14.2 Å². The molecule has 1 amide bonds. The zero-order valence-corrected chi connectivity index (χ0v) is 13.2. The summed E-state index contributed by atoms with van der Waals surface area (Å²) in [5.41, 5.74) is 8.08. The van der Waals surface area contributed by atoms with E-state index in [2.05, 4.69) is 18.4 Å². The molecule has 1 rings (SSSR count). The first-order valence-corrected chi connectivity index (χ1v) is 7.88. The van der Waals surface area contributed by atoms with Crippen LogP contribution in [0.1, 0.15) is 25.7 Å². The van der Waals surface area contributed by atoms with Crippen molar-refractivity contribution < 1.29 is 21.6 Å². The van der Waals surface area contributed by atoms with Crippen molar-refractivity contribution in [2.24, 2.45) is 11.0 Å². The number of carbonyl (C=O) groups excluding carboxylic acids is 1. The molecule has 21 heavy (non-hydrogen) atoms. The van der Waals surface area contributed by atoms with Crippen LogP contribution in [0.4, 0.5) is 0 Å². The Balaban J connectivity index is 0.000000486. The number of azide groups is 1. The molecule has 0 atom stereocenters. The Kier molecular flexibility index (Phi) is 10.6. The number of carbonyl (C=O) groups is 1. The lowest BCUT2D eigenvalue weighted by Gasteiger charge is -2.28. The van der Waals surface area contributed by atoms with Crippen LogP contribution in [0.25, 0.3) is 10.4 Å². The third kappa shape index (κ3) is 10.1. The molecule has 0 radical (unpaired) electrons. The minimum Gasteiger partial charge on any atom is -0.345 e. The Bertz CT molecular complexity index is 418. The highest BCUT2D eigenvalue weighted by Crippen LogP contribution is 2.20. The van der Waals surface area contributed by atoms with Gasteiger partial charge in [0.1, 0.15) is 0 Å². The van der Waals surface area contributed by atoms with Crippen molar-refractivity contribution in [1.29, 1.82) is 0 Å². The SMILES string of the molecule is COS(=O)(=O)OC.[N-]=[N+]=NCCCC1CCN(C=O)CC1. The van der Waals surface area contributed by atoms with E-state index in [9.17, 15) is 13.2 Å². The van der Waals surface area contributed by atoms with Crippen LogP contribution in [0.2, 0.25) is 0 Å². The lowest BCUT2D eigenvalue weighted by molar-refractivity contribution is -0.119. The second-order valence-corrected chi connectivity index (χ2v) is 5.91. The second kappa shape index (κ2) is 11.3. The number of piperidine rings is 1. The quantitative estimate of drug-likeness (QED) is 0.231. The van der Waals surface area contributed by atoms with Crippen molar-refractivity contribution in [3.8, 4) is 0 Å². The van der Waals surface area contributed by atoms with Gasteiger partial charge in [0.15, 0.2) is 0 Å². The predicted octanol–water partition coefficient (Wildman–Crippen LogP) is 1.47. The molecular weight excluding hydrogens is 300 g/mol. The first-order valence-electron chi connectivity index (χ1n) is 6.55. The van der Waals surface area contributed by atoms with Crippen LogP contribution in [0.15, 0.2) is 5.11 Å². The van der Waals surface area contributed by atoms with Crippen molar-refractivity contribution in [2.45, 2.75) is 25.7 Å². The molecule has 9 nitrogen and oxygen atoms in total. The van der Waals surface area contributed by atoms with E-state index in [0.29, 0.717) is 12.5 Å². The Morgan fingerprint density at radius 2 is 1.90 bits per heavy atom. The number of likely N-dealkylation sites (tertiary alicyclic amines) is 1. The van der Waals surface area contributed by atoms with Crippen molar-refractivity contribution in [3.05, 3.63) is 10.4 Å². The lowest BCUT2D eigenvalue weighted by atomic mass is 9.92. The molecule has 122 valence electrons.